The number of thiazole rings is 1. The highest BCUT2D eigenvalue weighted by Gasteiger charge is 2.15. The number of halogens is 2. The maximum absolute atomic E-state index is 13.0. The fraction of sp³-hybridized carbons (Fsp3) is 0. The monoisotopic (exact) mass is 519 g/mol. The van der Waals surface area contributed by atoms with E-state index in [2.05, 4.69) is 32.3 Å². The Morgan fingerprint density at radius 2 is 1.84 bits per heavy atom. The third-order valence-corrected chi connectivity index (χ3v) is 6.27. The zero-order valence-corrected chi connectivity index (χ0v) is 19.7. The fourth-order valence-electron chi connectivity index (χ4n) is 3.02. The second-order valence-electron chi connectivity index (χ2n) is 6.74. The predicted molar refractivity (Wildman–Crippen MR) is 134 cm³/mol. The van der Waals surface area contributed by atoms with Gasteiger partial charge in [-0.3, -0.25) is 4.79 Å². The number of nitrogens with zero attached hydrogens (tertiary/aromatic N) is 2. The molecule has 0 saturated heterocycles. The van der Waals surface area contributed by atoms with Gasteiger partial charge in [0, 0.05) is 43.5 Å². The van der Waals surface area contributed by atoms with E-state index in [1.807, 2.05) is 47.8 Å². The third kappa shape index (κ3) is 4.97. The fourth-order valence-corrected chi connectivity index (χ4v) is 4.25. The maximum Gasteiger partial charge on any atom is 0.195 e. The van der Waals surface area contributed by atoms with Gasteiger partial charge in [-0.2, -0.15) is 5.26 Å². The number of hydrogen-bond acceptors (Lipinski definition) is 5. The summed E-state index contributed by atoms with van der Waals surface area (Å²) >= 11 is 11.0. The summed E-state index contributed by atoms with van der Waals surface area (Å²) in [7, 11) is 0. The SMILES string of the molecule is N#C/C(=C/Nc1ccc(Cl)cc1C(=O)c1ccccc1)c1nc(-c2ccc(Br)cc2)cs1. The van der Waals surface area contributed by atoms with Crippen LogP contribution in [0.1, 0.15) is 20.9 Å². The largest absolute Gasteiger partial charge is 0.360 e. The molecule has 1 heterocycles. The van der Waals surface area contributed by atoms with E-state index in [9.17, 15) is 10.1 Å². The number of anilines is 1. The Morgan fingerprint density at radius 3 is 2.56 bits per heavy atom. The minimum absolute atomic E-state index is 0.158. The van der Waals surface area contributed by atoms with Crippen LogP contribution in [-0.4, -0.2) is 10.8 Å². The molecule has 0 saturated carbocycles. The highest BCUT2D eigenvalue weighted by atomic mass is 79.9. The average Bonchev–Trinajstić information content (AvgIpc) is 3.31. The molecule has 7 heteroatoms. The van der Waals surface area contributed by atoms with Gasteiger partial charge < -0.3 is 5.32 Å². The van der Waals surface area contributed by atoms with Crippen molar-refractivity contribution in [2.24, 2.45) is 0 Å². The first kappa shape index (κ1) is 22.0. The highest BCUT2D eigenvalue weighted by molar-refractivity contribution is 9.10. The quantitative estimate of drug-likeness (QED) is 0.212. The summed E-state index contributed by atoms with van der Waals surface area (Å²) in [5, 5.41) is 15.7. The smallest absolute Gasteiger partial charge is 0.195 e. The normalized spacial score (nSPS) is 11.1. The summed E-state index contributed by atoms with van der Waals surface area (Å²) < 4.78 is 0.988. The Balaban J connectivity index is 1.62. The zero-order valence-electron chi connectivity index (χ0n) is 16.5. The lowest BCUT2D eigenvalue weighted by Crippen LogP contribution is -2.05. The molecule has 4 nitrogen and oxygen atoms in total. The molecule has 0 radical (unpaired) electrons. The molecular weight excluding hydrogens is 506 g/mol. The number of carbonyl (C=O) groups excluding carboxylic acids is 1. The van der Waals surface area contributed by atoms with Crippen molar-refractivity contribution in [3.05, 3.63) is 110 Å². The van der Waals surface area contributed by atoms with Crippen molar-refractivity contribution in [3.8, 4) is 17.3 Å². The van der Waals surface area contributed by atoms with Gasteiger partial charge in [-0.15, -0.1) is 11.3 Å². The van der Waals surface area contributed by atoms with Gasteiger partial charge in [0.1, 0.15) is 16.6 Å². The number of rotatable bonds is 6. The predicted octanol–water partition coefficient (Wildman–Crippen LogP) is 7.43. The summed E-state index contributed by atoms with van der Waals surface area (Å²) in [6.45, 7) is 0. The first-order chi connectivity index (χ1) is 15.5. The van der Waals surface area contributed by atoms with E-state index >= 15 is 0 Å². The van der Waals surface area contributed by atoms with Crippen molar-refractivity contribution >= 4 is 55.9 Å². The van der Waals surface area contributed by atoms with Gasteiger partial charge in [0.05, 0.1) is 5.69 Å². The van der Waals surface area contributed by atoms with Crippen LogP contribution in [-0.2, 0) is 0 Å². The van der Waals surface area contributed by atoms with E-state index in [0.717, 1.165) is 15.7 Å². The molecule has 156 valence electrons. The molecule has 1 N–H and O–H groups in total. The van der Waals surface area contributed by atoms with Gasteiger partial charge in [0.15, 0.2) is 5.78 Å². The van der Waals surface area contributed by atoms with Crippen molar-refractivity contribution in [3.63, 3.8) is 0 Å². The first-order valence-corrected chi connectivity index (χ1v) is 11.6. The molecule has 0 amide bonds. The number of ketones is 1. The first-order valence-electron chi connectivity index (χ1n) is 9.53. The molecule has 4 rings (SSSR count). The summed E-state index contributed by atoms with van der Waals surface area (Å²) in [4.78, 5) is 17.6. The Kier molecular flexibility index (Phi) is 6.81. The molecule has 0 unspecified atom stereocenters. The van der Waals surface area contributed by atoms with E-state index in [4.69, 9.17) is 11.6 Å². The van der Waals surface area contributed by atoms with Crippen LogP contribution < -0.4 is 5.32 Å². The van der Waals surface area contributed by atoms with Crippen LogP contribution in [0, 0.1) is 11.3 Å². The summed E-state index contributed by atoms with van der Waals surface area (Å²) in [6, 6.07) is 24.0. The molecular formula is C25H15BrClN3OS. The van der Waals surface area contributed by atoms with Gasteiger partial charge in [-0.25, -0.2) is 4.98 Å². The van der Waals surface area contributed by atoms with Crippen LogP contribution >= 0.6 is 38.9 Å². The van der Waals surface area contributed by atoms with Crippen molar-refractivity contribution < 1.29 is 4.79 Å². The van der Waals surface area contributed by atoms with Crippen LogP contribution in [0.15, 0.2) is 88.8 Å². The van der Waals surface area contributed by atoms with Crippen molar-refractivity contribution in [1.29, 1.82) is 5.26 Å². The lowest BCUT2D eigenvalue weighted by Gasteiger charge is -2.10. The average molecular weight is 521 g/mol. The molecule has 3 aromatic carbocycles. The van der Waals surface area contributed by atoms with Gasteiger partial charge in [-0.05, 0) is 30.3 Å². The second-order valence-corrected chi connectivity index (χ2v) is 8.95. The van der Waals surface area contributed by atoms with Gasteiger partial charge in [0.25, 0.3) is 0 Å². The topological polar surface area (TPSA) is 65.8 Å². The molecule has 0 spiro atoms. The van der Waals surface area contributed by atoms with Gasteiger partial charge >= 0.3 is 0 Å². The molecule has 4 aromatic rings. The van der Waals surface area contributed by atoms with Crippen molar-refractivity contribution in [2.75, 3.05) is 5.32 Å². The number of allylic oxidation sites excluding steroid dienone is 1. The third-order valence-electron chi connectivity index (χ3n) is 4.63. The Bertz CT molecular complexity index is 1340. The second kappa shape index (κ2) is 9.92. The van der Waals surface area contributed by atoms with E-state index in [1.54, 1.807) is 36.5 Å². The lowest BCUT2D eigenvalue weighted by molar-refractivity contribution is 0.103. The molecule has 32 heavy (non-hydrogen) atoms. The van der Waals surface area contributed by atoms with Crippen LogP contribution in [0.5, 0.6) is 0 Å². The van der Waals surface area contributed by atoms with E-state index < -0.39 is 0 Å². The minimum Gasteiger partial charge on any atom is -0.360 e. The minimum atomic E-state index is -0.158. The number of nitriles is 1. The van der Waals surface area contributed by atoms with Crippen LogP contribution in [0.2, 0.25) is 5.02 Å². The summed E-state index contributed by atoms with van der Waals surface area (Å²) in [5.74, 6) is -0.158. The van der Waals surface area contributed by atoms with Gasteiger partial charge in [0.2, 0.25) is 0 Å². The van der Waals surface area contributed by atoms with Crippen molar-refractivity contribution in [1.82, 2.24) is 4.98 Å². The molecule has 0 bridgehead atoms. The Labute approximate surface area is 203 Å². The molecule has 0 aliphatic rings. The molecule has 0 fully saturated rings. The molecule has 0 atom stereocenters. The lowest BCUT2D eigenvalue weighted by atomic mass is 10.0. The zero-order chi connectivity index (χ0) is 22.5. The standard InChI is InChI=1S/C25H15BrClN3OS/c26-19-8-6-16(7-9-19)23-15-32-25(30-23)18(13-28)14-29-22-11-10-20(27)12-21(22)24(31)17-4-2-1-3-5-17/h1-12,14-15,29H/b18-14-. The number of carbonyl (C=O) groups is 1. The number of benzene rings is 3. The number of nitrogens with one attached hydrogen (secondary N) is 1. The van der Waals surface area contributed by atoms with Crippen LogP contribution in [0.25, 0.3) is 16.8 Å². The Hall–Kier alpha value is -3.24. The molecule has 0 aliphatic heterocycles. The summed E-state index contributed by atoms with van der Waals surface area (Å²) in [6.07, 6.45) is 1.56. The van der Waals surface area contributed by atoms with Crippen LogP contribution in [0.4, 0.5) is 5.69 Å². The molecule has 1 aromatic heterocycles. The van der Waals surface area contributed by atoms with E-state index in [0.29, 0.717) is 32.4 Å². The van der Waals surface area contributed by atoms with E-state index in [1.165, 1.54) is 11.3 Å². The highest BCUT2D eigenvalue weighted by Crippen LogP contribution is 2.28. The summed E-state index contributed by atoms with van der Waals surface area (Å²) in [5.41, 5.74) is 3.67. The number of hydrogen-bond donors (Lipinski definition) is 1. The van der Waals surface area contributed by atoms with E-state index in [-0.39, 0.29) is 5.78 Å². The maximum atomic E-state index is 13.0. The number of aromatic nitrogens is 1. The Morgan fingerprint density at radius 1 is 1.09 bits per heavy atom. The van der Waals surface area contributed by atoms with Crippen molar-refractivity contribution in [2.45, 2.75) is 0 Å². The molecule has 0 aliphatic carbocycles. The van der Waals surface area contributed by atoms with Crippen LogP contribution in [0.3, 0.4) is 0 Å². The van der Waals surface area contributed by atoms with Gasteiger partial charge in [-0.1, -0.05) is 70.0 Å².